The largest absolute Gasteiger partial charge is 0.363 e. The number of nitrogens with one attached hydrogen (secondary N) is 2. The molecule has 110 valence electrons. The third-order valence-electron chi connectivity index (χ3n) is 3.50. The van der Waals surface area contributed by atoms with Gasteiger partial charge < -0.3 is 19.8 Å². The van der Waals surface area contributed by atoms with Crippen molar-refractivity contribution in [2.75, 3.05) is 26.1 Å². The van der Waals surface area contributed by atoms with Crippen LogP contribution in [0.3, 0.4) is 0 Å². The number of hydrogen-bond donors (Lipinski definition) is 2. The predicted octanol–water partition coefficient (Wildman–Crippen LogP) is 2.45. The number of nitrogens with zero attached hydrogens (tertiary/aromatic N) is 2. The number of anilines is 1. The highest BCUT2D eigenvalue weighted by Crippen LogP contribution is 2.27. The van der Waals surface area contributed by atoms with Gasteiger partial charge in [0.2, 0.25) is 0 Å². The molecule has 2 N–H and O–H groups in total. The normalized spacial score (nSPS) is 11.6. The first-order valence-corrected chi connectivity index (χ1v) is 6.75. The maximum atomic E-state index is 5.17. The van der Waals surface area contributed by atoms with Crippen molar-refractivity contribution in [1.82, 2.24) is 15.0 Å². The highest BCUT2D eigenvalue weighted by atomic mass is 16.7. The van der Waals surface area contributed by atoms with Crippen LogP contribution in [0, 0.1) is 6.92 Å². The van der Waals surface area contributed by atoms with Gasteiger partial charge in [-0.05, 0) is 19.1 Å². The molecule has 0 unspecified atom stereocenters. The first-order chi connectivity index (χ1) is 10.2. The molecule has 0 fully saturated rings. The topological polar surface area (TPSA) is 72.1 Å². The van der Waals surface area contributed by atoms with Gasteiger partial charge in [-0.1, -0.05) is 11.6 Å². The maximum Gasteiger partial charge on any atom is 0.173 e. The Morgan fingerprint density at radius 3 is 2.81 bits per heavy atom. The lowest BCUT2D eigenvalue weighted by molar-refractivity contribution is -0.0914. The van der Waals surface area contributed by atoms with E-state index in [-0.39, 0.29) is 6.29 Å². The molecule has 0 aliphatic carbocycles. The summed E-state index contributed by atoms with van der Waals surface area (Å²) in [5.41, 5.74) is 4.06. The molecule has 0 saturated carbocycles. The van der Waals surface area contributed by atoms with Gasteiger partial charge in [-0.25, -0.2) is 9.97 Å². The summed E-state index contributed by atoms with van der Waals surface area (Å²) in [6.45, 7) is 2.58. The van der Waals surface area contributed by atoms with Crippen molar-refractivity contribution < 1.29 is 9.47 Å². The van der Waals surface area contributed by atoms with Gasteiger partial charge >= 0.3 is 0 Å². The lowest BCUT2D eigenvalue weighted by atomic mass is 10.1. The van der Waals surface area contributed by atoms with Crippen LogP contribution in [0.5, 0.6) is 0 Å². The predicted molar refractivity (Wildman–Crippen MR) is 82.4 cm³/mol. The first-order valence-electron chi connectivity index (χ1n) is 6.75. The van der Waals surface area contributed by atoms with E-state index in [0.29, 0.717) is 6.54 Å². The fourth-order valence-electron chi connectivity index (χ4n) is 2.38. The van der Waals surface area contributed by atoms with Gasteiger partial charge in [-0.3, -0.25) is 0 Å². The molecule has 21 heavy (non-hydrogen) atoms. The van der Waals surface area contributed by atoms with Crippen LogP contribution in [0.15, 0.2) is 24.5 Å². The van der Waals surface area contributed by atoms with Crippen LogP contribution < -0.4 is 5.32 Å². The molecular weight excluding hydrogens is 268 g/mol. The van der Waals surface area contributed by atoms with Crippen LogP contribution in [-0.2, 0) is 9.47 Å². The van der Waals surface area contributed by atoms with Gasteiger partial charge in [0.25, 0.3) is 0 Å². The minimum Gasteiger partial charge on any atom is -0.363 e. The molecule has 1 aromatic carbocycles. The Kier molecular flexibility index (Phi) is 3.72. The summed E-state index contributed by atoms with van der Waals surface area (Å²) >= 11 is 0. The zero-order valence-corrected chi connectivity index (χ0v) is 12.3. The van der Waals surface area contributed by atoms with E-state index < -0.39 is 0 Å². The van der Waals surface area contributed by atoms with Gasteiger partial charge in [0.05, 0.1) is 6.54 Å². The summed E-state index contributed by atoms with van der Waals surface area (Å²) in [4.78, 5) is 12.1. The lowest BCUT2D eigenvalue weighted by Crippen LogP contribution is -2.24. The van der Waals surface area contributed by atoms with Crippen molar-refractivity contribution in [2.24, 2.45) is 0 Å². The quantitative estimate of drug-likeness (QED) is 0.705. The number of ether oxygens (including phenoxy) is 2. The van der Waals surface area contributed by atoms with E-state index in [1.807, 2.05) is 0 Å². The number of aromatic amines is 1. The lowest BCUT2D eigenvalue weighted by Gasteiger charge is -2.14. The van der Waals surface area contributed by atoms with Crippen LogP contribution in [0.2, 0.25) is 0 Å². The molecule has 0 radical (unpaired) electrons. The molecule has 2 heterocycles. The monoisotopic (exact) mass is 286 g/mol. The summed E-state index contributed by atoms with van der Waals surface area (Å²) in [5, 5.41) is 4.34. The van der Waals surface area contributed by atoms with E-state index in [4.69, 9.17) is 9.47 Å². The summed E-state index contributed by atoms with van der Waals surface area (Å²) < 4.78 is 10.3. The van der Waals surface area contributed by atoms with Crippen molar-refractivity contribution in [3.8, 4) is 0 Å². The van der Waals surface area contributed by atoms with Crippen molar-refractivity contribution in [3.05, 3.63) is 30.1 Å². The minimum atomic E-state index is -0.318. The first kappa shape index (κ1) is 13.8. The zero-order valence-electron chi connectivity index (χ0n) is 12.3. The maximum absolute atomic E-state index is 5.17. The van der Waals surface area contributed by atoms with E-state index in [0.717, 1.165) is 27.8 Å². The Bertz CT molecular complexity index is 765. The van der Waals surface area contributed by atoms with E-state index in [2.05, 4.69) is 45.4 Å². The molecule has 0 amide bonds. The Morgan fingerprint density at radius 2 is 2.05 bits per heavy atom. The van der Waals surface area contributed by atoms with Gasteiger partial charge in [-0.15, -0.1) is 0 Å². The van der Waals surface area contributed by atoms with E-state index >= 15 is 0 Å². The van der Waals surface area contributed by atoms with Gasteiger partial charge in [0.1, 0.15) is 17.4 Å². The number of H-pyrrole nitrogens is 1. The zero-order chi connectivity index (χ0) is 14.8. The Morgan fingerprint density at radius 1 is 1.24 bits per heavy atom. The number of aryl methyl sites for hydroxylation is 1. The molecule has 2 aromatic heterocycles. The smallest absolute Gasteiger partial charge is 0.173 e. The molecule has 0 aliphatic heterocycles. The van der Waals surface area contributed by atoms with Gasteiger partial charge in [0, 0.05) is 25.1 Å². The number of methoxy groups -OCH3 is 2. The standard InChI is InChI=1S/C15H18N4O2/c1-9-4-5-11-10(6-9)13-14(19-11)15(18-8-17-13)16-7-12(20-2)21-3/h4-6,8,12,19H,7H2,1-3H3,(H,16,17,18). The summed E-state index contributed by atoms with van der Waals surface area (Å²) in [7, 11) is 3.22. The van der Waals surface area contributed by atoms with Crippen molar-refractivity contribution in [3.63, 3.8) is 0 Å². The SMILES string of the molecule is COC(CNc1ncnc2c1[nH]c1ccc(C)cc12)OC. The van der Waals surface area contributed by atoms with Crippen LogP contribution in [0.4, 0.5) is 5.82 Å². The number of aromatic nitrogens is 3. The van der Waals surface area contributed by atoms with E-state index in [9.17, 15) is 0 Å². The average molecular weight is 286 g/mol. The third-order valence-corrected chi connectivity index (χ3v) is 3.50. The molecule has 0 bridgehead atoms. The molecule has 0 aliphatic rings. The average Bonchev–Trinajstić information content (AvgIpc) is 2.87. The fraction of sp³-hybridized carbons (Fsp3) is 0.333. The van der Waals surface area contributed by atoms with Crippen molar-refractivity contribution >= 4 is 27.8 Å². The number of hydrogen-bond acceptors (Lipinski definition) is 5. The highest BCUT2D eigenvalue weighted by molar-refractivity contribution is 6.08. The minimum absolute atomic E-state index is 0.318. The van der Waals surface area contributed by atoms with E-state index in [1.165, 1.54) is 5.56 Å². The summed E-state index contributed by atoms with van der Waals surface area (Å²) in [6.07, 6.45) is 1.25. The Balaban J connectivity index is 2.01. The molecule has 0 spiro atoms. The molecule has 6 nitrogen and oxygen atoms in total. The van der Waals surface area contributed by atoms with Gasteiger partial charge in [-0.2, -0.15) is 0 Å². The molecule has 0 atom stereocenters. The molecule has 0 saturated heterocycles. The number of benzene rings is 1. The fourth-order valence-corrected chi connectivity index (χ4v) is 2.38. The van der Waals surface area contributed by atoms with Crippen molar-refractivity contribution in [2.45, 2.75) is 13.2 Å². The van der Waals surface area contributed by atoms with Gasteiger partial charge in [0.15, 0.2) is 12.1 Å². The van der Waals surface area contributed by atoms with Crippen LogP contribution in [-0.4, -0.2) is 42.0 Å². The summed E-state index contributed by atoms with van der Waals surface area (Å²) in [6, 6.07) is 6.26. The highest BCUT2D eigenvalue weighted by Gasteiger charge is 2.12. The van der Waals surface area contributed by atoms with Crippen molar-refractivity contribution in [1.29, 1.82) is 0 Å². The Labute approximate surface area is 122 Å². The Hall–Kier alpha value is -2.18. The summed E-state index contributed by atoms with van der Waals surface area (Å²) in [5.74, 6) is 0.743. The second-order valence-corrected chi connectivity index (χ2v) is 4.90. The second-order valence-electron chi connectivity index (χ2n) is 4.90. The number of fused-ring (bicyclic) bond motifs is 3. The van der Waals surface area contributed by atoms with E-state index in [1.54, 1.807) is 20.5 Å². The second kappa shape index (κ2) is 5.67. The van der Waals surface area contributed by atoms with Crippen LogP contribution in [0.1, 0.15) is 5.56 Å². The molecule has 3 aromatic rings. The van der Waals surface area contributed by atoms with Crippen LogP contribution in [0.25, 0.3) is 21.9 Å². The van der Waals surface area contributed by atoms with Crippen LogP contribution >= 0.6 is 0 Å². The molecular formula is C15H18N4O2. The third kappa shape index (κ3) is 2.55. The molecule has 3 rings (SSSR count). The number of rotatable bonds is 5. The molecule has 6 heteroatoms.